The third kappa shape index (κ3) is 5.76. The second kappa shape index (κ2) is 11.9. The topological polar surface area (TPSA) is 123 Å². The van der Waals surface area contributed by atoms with E-state index < -0.39 is 16.8 Å². The summed E-state index contributed by atoms with van der Waals surface area (Å²) in [6.07, 6.45) is 9.63. The number of allylic oxidation sites excluding steroid dienone is 3. The molecule has 202 valence electrons. The standard InChI is InChI=1S/C30H27N5O4S/c1-19-27(25-9-3-4-12-32-25)29(22-7-5-8-24(16-22)35(37)38)28(20(2)34-19)30(36)39-13-6-10-26-21(11-14-40-26)15-23-17-31-18-33-23/h3-12,14,16-18,29,34H,13,15H2,1-2H3,(H,31,33)/b10-6+. The molecule has 10 heteroatoms. The zero-order valence-electron chi connectivity index (χ0n) is 22.0. The number of nitrogens with zero attached hydrogens (tertiary/aromatic N) is 3. The third-order valence-electron chi connectivity index (χ3n) is 6.63. The molecule has 0 spiro atoms. The van der Waals surface area contributed by atoms with Crippen LogP contribution >= 0.6 is 11.3 Å². The molecule has 3 aromatic heterocycles. The Bertz CT molecular complexity index is 1620. The highest BCUT2D eigenvalue weighted by molar-refractivity contribution is 7.11. The van der Waals surface area contributed by atoms with Crippen molar-refractivity contribution >= 4 is 34.6 Å². The predicted octanol–water partition coefficient (Wildman–Crippen LogP) is 6.01. The largest absolute Gasteiger partial charge is 0.458 e. The number of nitro benzene ring substituents is 1. The molecule has 1 unspecified atom stereocenters. The van der Waals surface area contributed by atoms with E-state index in [-0.39, 0.29) is 12.3 Å². The molecular weight excluding hydrogens is 526 g/mol. The number of hydrogen-bond donors (Lipinski definition) is 2. The highest BCUT2D eigenvalue weighted by Gasteiger charge is 2.35. The van der Waals surface area contributed by atoms with Crippen LogP contribution in [-0.4, -0.2) is 32.5 Å². The first-order chi connectivity index (χ1) is 19.4. The number of aromatic nitrogens is 3. The molecule has 1 aliphatic rings. The number of non-ortho nitro benzene ring substituents is 1. The second-order valence-corrected chi connectivity index (χ2v) is 10.2. The summed E-state index contributed by atoms with van der Waals surface area (Å²) in [5.41, 5.74) is 5.99. The average molecular weight is 554 g/mol. The lowest BCUT2D eigenvalue weighted by atomic mass is 9.79. The van der Waals surface area contributed by atoms with E-state index in [1.807, 2.05) is 49.6 Å². The van der Waals surface area contributed by atoms with Crippen LogP contribution in [-0.2, 0) is 16.0 Å². The number of carbonyl (C=O) groups excluding carboxylic acids is 1. The summed E-state index contributed by atoms with van der Waals surface area (Å²) in [5, 5.41) is 16.9. The van der Waals surface area contributed by atoms with Crippen LogP contribution < -0.4 is 5.32 Å². The minimum Gasteiger partial charge on any atom is -0.458 e. The highest BCUT2D eigenvalue weighted by atomic mass is 32.1. The van der Waals surface area contributed by atoms with Gasteiger partial charge >= 0.3 is 5.97 Å². The molecule has 0 aliphatic carbocycles. The van der Waals surface area contributed by atoms with Crippen LogP contribution in [0.1, 0.15) is 47.2 Å². The summed E-state index contributed by atoms with van der Waals surface area (Å²) in [6, 6.07) is 14.0. The van der Waals surface area contributed by atoms with E-state index in [1.165, 1.54) is 12.1 Å². The van der Waals surface area contributed by atoms with Crippen molar-refractivity contribution in [2.24, 2.45) is 0 Å². The molecule has 2 N–H and O–H groups in total. The van der Waals surface area contributed by atoms with E-state index in [0.29, 0.717) is 22.5 Å². The lowest BCUT2D eigenvalue weighted by Crippen LogP contribution is -2.29. The molecule has 0 fully saturated rings. The maximum Gasteiger partial charge on any atom is 0.337 e. The van der Waals surface area contributed by atoms with Gasteiger partial charge in [0.15, 0.2) is 0 Å². The van der Waals surface area contributed by atoms with Gasteiger partial charge in [0.05, 0.1) is 22.5 Å². The Morgan fingerprint density at radius 2 is 2.05 bits per heavy atom. The Balaban J connectivity index is 1.41. The normalized spacial score (nSPS) is 15.4. The maximum atomic E-state index is 13.6. The first-order valence-corrected chi connectivity index (χ1v) is 13.5. The van der Waals surface area contributed by atoms with Gasteiger partial charge < -0.3 is 15.0 Å². The van der Waals surface area contributed by atoms with Crippen molar-refractivity contribution in [2.45, 2.75) is 26.2 Å². The minimum atomic E-state index is -0.606. The van der Waals surface area contributed by atoms with Gasteiger partial charge in [-0.2, -0.15) is 0 Å². The zero-order chi connectivity index (χ0) is 28.1. The first kappa shape index (κ1) is 26.8. The van der Waals surface area contributed by atoms with Gasteiger partial charge in [-0.25, -0.2) is 9.78 Å². The molecule has 0 radical (unpaired) electrons. The fourth-order valence-electron chi connectivity index (χ4n) is 4.86. The number of nitrogens with one attached hydrogen (secondary N) is 2. The lowest BCUT2D eigenvalue weighted by Gasteiger charge is -2.31. The Kier molecular flexibility index (Phi) is 7.97. The summed E-state index contributed by atoms with van der Waals surface area (Å²) in [6.45, 7) is 3.79. The fraction of sp³-hybridized carbons (Fsp3) is 0.167. The van der Waals surface area contributed by atoms with Gasteiger partial charge in [0, 0.05) is 64.4 Å². The molecule has 0 saturated heterocycles. The maximum absolute atomic E-state index is 13.6. The van der Waals surface area contributed by atoms with E-state index in [9.17, 15) is 14.9 Å². The van der Waals surface area contributed by atoms with Crippen LogP contribution in [0, 0.1) is 10.1 Å². The minimum absolute atomic E-state index is 0.0516. The van der Waals surface area contributed by atoms with Crippen molar-refractivity contribution in [3.05, 3.63) is 133 Å². The van der Waals surface area contributed by atoms with Gasteiger partial charge in [0.1, 0.15) is 6.61 Å². The lowest BCUT2D eigenvalue weighted by molar-refractivity contribution is -0.384. The van der Waals surface area contributed by atoms with Gasteiger partial charge in [-0.1, -0.05) is 18.2 Å². The summed E-state index contributed by atoms with van der Waals surface area (Å²) >= 11 is 1.61. The molecule has 0 amide bonds. The number of hydrogen-bond acceptors (Lipinski definition) is 8. The smallest absolute Gasteiger partial charge is 0.337 e. The second-order valence-electron chi connectivity index (χ2n) is 9.27. The number of H-pyrrole nitrogens is 1. The zero-order valence-corrected chi connectivity index (χ0v) is 22.8. The number of rotatable bonds is 9. The average Bonchev–Trinajstić information content (AvgIpc) is 3.63. The van der Waals surface area contributed by atoms with Gasteiger partial charge in [-0.05, 0) is 60.7 Å². The number of nitro groups is 1. The Labute approximate surface area is 235 Å². The number of carbonyl (C=O) groups is 1. The summed E-state index contributed by atoms with van der Waals surface area (Å²) < 4.78 is 5.73. The fourth-order valence-corrected chi connectivity index (χ4v) is 5.71. The van der Waals surface area contributed by atoms with Gasteiger partial charge in [-0.15, -0.1) is 11.3 Å². The van der Waals surface area contributed by atoms with Crippen LogP contribution in [0.25, 0.3) is 11.6 Å². The molecule has 4 heterocycles. The van der Waals surface area contributed by atoms with E-state index in [4.69, 9.17) is 4.74 Å². The number of ether oxygens (including phenoxy) is 1. The number of thiophene rings is 1. The predicted molar refractivity (Wildman–Crippen MR) is 154 cm³/mol. The summed E-state index contributed by atoms with van der Waals surface area (Å²) in [7, 11) is 0. The molecule has 0 saturated carbocycles. The monoisotopic (exact) mass is 553 g/mol. The van der Waals surface area contributed by atoms with Crippen LogP contribution in [0.4, 0.5) is 5.69 Å². The van der Waals surface area contributed by atoms with E-state index >= 15 is 0 Å². The molecule has 1 aromatic carbocycles. The molecule has 5 rings (SSSR count). The number of benzene rings is 1. The number of pyridine rings is 1. The van der Waals surface area contributed by atoms with Gasteiger partial charge in [0.25, 0.3) is 5.69 Å². The number of esters is 1. The van der Waals surface area contributed by atoms with Gasteiger partial charge in [-0.3, -0.25) is 15.1 Å². The number of imidazole rings is 1. The van der Waals surface area contributed by atoms with Crippen molar-refractivity contribution in [3.8, 4) is 0 Å². The first-order valence-electron chi connectivity index (χ1n) is 12.6. The molecular formula is C30H27N5O4S. The molecule has 4 aromatic rings. The third-order valence-corrected chi connectivity index (χ3v) is 7.56. The summed E-state index contributed by atoms with van der Waals surface area (Å²) in [4.78, 5) is 37.5. The quantitative estimate of drug-likeness (QED) is 0.148. The van der Waals surface area contributed by atoms with Gasteiger partial charge in [0.2, 0.25) is 0 Å². The SMILES string of the molecule is CC1=C(C(=O)OC/C=C/c2sccc2Cc2cnc[nH]2)C(c2cccc([N+](=O)[O-])c2)C(c2ccccn2)=C(C)N1. The van der Waals surface area contributed by atoms with Crippen molar-refractivity contribution < 1.29 is 14.5 Å². The molecule has 40 heavy (non-hydrogen) atoms. The van der Waals surface area contributed by atoms with Crippen molar-refractivity contribution in [1.29, 1.82) is 0 Å². The number of aromatic amines is 1. The van der Waals surface area contributed by atoms with Crippen molar-refractivity contribution in [1.82, 2.24) is 20.3 Å². The Morgan fingerprint density at radius 3 is 2.80 bits per heavy atom. The molecule has 0 bridgehead atoms. The van der Waals surface area contributed by atoms with Crippen LogP contribution in [0.3, 0.4) is 0 Å². The number of dihydropyridines is 1. The van der Waals surface area contributed by atoms with Crippen LogP contribution in [0.2, 0.25) is 0 Å². The van der Waals surface area contributed by atoms with E-state index in [0.717, 1.165) is 33.8 Å². The highest BCUT2D eigenvalue weighted by Crippen LogP contribution is 2.43. The molecule has 1 atom stereocenters. The van der Waals surface area contributed by atoms with Crippen LogP contribution in [0.15, 0.2) is 95.7 Å². The van der Waals surface area contributed by atoms with E-state index in [1.54, 1.807) is 42.2 Å². The molecule has 1 aliphatic heterocycles. The summed E-state index contributed by atoms with van der Waals surface area (Å²) in [5.74, 6) is -1.11. The Hall–Kier alpha value is -4.83. The van der Waals surface area contributed by atoms with Crippen molar-refractivity contribution in [2.75, 3.05) is 6.61 Å². The van der Waals surface area contributed by atoms with Crippen molar-refractivity contribution in [3.63, 3.8) is 0 Å². The van der Waals surface area contributed by atoms with E-state index in [2.05, 4.69) is 26.3 Å². The molecule has 9 nitrogen and oxygen atoms in total. The Morgan fingerprint density at radius 1 is 1.18 bits per heavy atom. The van der Waals surface area contributed by atoms with Crippen LogP contribution in [0.5, 0.6) is 0 Å².